The summed E-state index contributed by atoms with van der Waals surface area (Å²) in [5, 5.41) is 11.5. The van der Waals surface area contributed by atoms with Crippen LogP contribution in [0, 0.1) is 20.8 Å². The molecule has 1 aliphatic heterocycles. The number of ketones is 1. The number of anilines is 1. The predicted octanol–water partition coefficient (Wildman–Crippen LogP) is 5.81. The van der Waals surface area contributed by atoms with Crippen LogP contribution < -0.4 is 9.64 Å². The monoisotopic (exact) mass is 513 g/mol. The van der Waals surface area contributed by atoms with E-state index in [4.69, 9.17) is 9.47 Å². The summed E-state index contributed by atoms with van der Waals surface area (Å²) < 4.78 is 10.7. The first-order chi connectivity index (χ1) is 18.2. The van der Waals surface area contributed by atoms with Crippen molar-refractivity contribution in [3.05, 3.63) is 99.6 Å². The Bertz CT molecular complexity index is 1450. The average Bonchev–Trinajstić information content (AvgIpc) is 3.18. The van der Waals surface area contributed by atoms with Crippen LogP contribution >= 0.6 is 0 Å². The lowest BCUT2D eigenvalue weighted by Crippen LogP contribution is -2.29. The summed E-state index contributed by atoms with van der Waals surface area (Å²) in [5.74, 6) is -1.72. The van der Waals surface area contributed by atoms with Gasteiger partial charge in [-0.25, -0.2) is 4.79 Å². The Balaban J connectivity index is 1.92. The van der Waals surface area contributed by atoms with Gasteiger partial charge in [0.1, 0.15) is 11.5 Å². The number of methoxy groups -OCH3 is 1. The summed E-state index contributed by atoms with van der Waals surface area (Å²) in [6.07, 6.45) is 0.678. The largest absolute Gasteiger partial charge is 0.507 e. The number of benzene rings is 3. The van der Waals surface area contributed by atoms with Gasteiger partial charge < -0.3 is 14.6 Å². The molecule has 4 rings (SSSR count). The van der Waals surface area contributed by atoms with Crippen molar-refractivity contribution < 1.29 is 29.0 Å². The number of aliphatic hydroxyl groups excluding tert-OH is 1. The molecular formula is C31H31NO6. The van der Waals surface area contributed by atoms with Crippen molar-refractivity contribution >= 4 is 29.1 Å². The van der Waals surface area contributed by atoms with E-state index in [0.29, 0.717) is 34.5 Å². The zero-order valence-electron chi connectivity index (χ0n) is 22.2. The second-order valence-electron chi connectivity index (χ2n) is 9.41. The lowest BCUT2D eigenvalue weighted by molar-refractivity contribution is -0.132. The average molecular weight is 514 g/mol. The first kappa shape index (κ1) is 26.7. The van der Waals surface area contributed by atoms with Crippen LogP contribution in [0.1, 0.15) is 57.6 Å². The van der Waals surface area contributed by atoms with Gasteiger partial charge in [-0.05, 0) is 74.2 Å². The van der Waals surface area contributed by atoms with Crippen LogP contribution in [-0.4, -0.2) is 36.5 Å². The van der Waals surface area contributed by atoms with Crippen molar-refractivity contribution in [1.82, 2.24) is 0 Å². The molecule has 0 aromatic heterocycles. The molecule has 1 aliphatic rings. The molecule has 1 atom stereocenters. The molecule has 1 amide bonds. The zero-order chi connectivity index (χ0) is 27.6. The van der Waals surface area contributed by atoms with Crippen LogP contribution in [-0.2, 0) is 14.3 Å². The van der Waals surface area contributed by atoms with E-state index in [1.807, 2.05) is 45.0 Å². The molecule has 0 aliphatic carbocycles. The summed E-state index contributed by atoms with van der Waals surface area (Å²) in [7, 11) is 1.57. The molecule has 1 N–H and O–H groups in total. The van der Waals surface area contributed by atoms with Crippen LogP contribution in [0.5, 0.6) is 5.75 Å². The van der Waals surface area contributed by atoms with E-state index in [9.17, 15) is 19.5 Å². The van der Waals surface area contributed by atoms with Crippen LogP contribution in [0.4, 0.5) is 5.69 Å². The van der Waals surface area contributed by atoms with Crippen molar-refractivity contribution in [3.63, 3.8) is 0 Å². The second-order valence-corrected chi connectivity index (χ2v) is 9.41. The standard InChI is InChI=1S/C31H31NO6/c1-6-13-38-31(36)22-11-8-12-23(17-22)32-27(21-10-7-9-18(2)14-21)26(29(34)30(32)35)28(33)24-15-20(4)25(37-5)16-19(24)3/h7-12,14-17,27,33H,6,13H2,1-5H3/b28-26+. The number of ether oxygens (including phenoxy) is 2. The Morgan fingerprint density at radius 3 is 2.39 bits per heavy atom. The van der Waals surface area contributed by atoms with Gasteiger partial charge in [0.05, 0.1) is 30.9 Å². The summed E-state index contributed by atoms with van der Waals surface area (Å²) >= 11 is 0. The molecule has 3 aromatic carbocycles. The molecule has 0 spiro atoms. The van der Waals surface area contributed by atoms with E-state index in [-0.39, 0.29) is 23.5 Å². The third-order valence-corrected chi connectivity index (χ3v) is 6.60. The molecule has 1 saturated heterocycles. The number of aryl methyl sites for hydroxylation is 3. The fourth-order valence-corrected chi connectivity index (χ4v) is 4.73. The fourth-order valence-electron chi connectivity index (χ4n) is 4.73. The van der Waals surface area contributed by atoms with Crippen LogP contribution in [0.2, 0.25) is 0 Å². The molecular weight excluding hydrogens is 482 g/mol. The number of esters is 1. The van der Waals surface area contributed by atoms with Crippen LogP contribution in [0.25, 0.3) is 5.76 Å². The van der Waals surface area contributed by atoms with E-state index in [0.717, 1.165) is 11.1 Å². The second kappa shape index (κ2) is 10.9. The molecule has 7 nitrogen and oxygen atoms in total. The van der Waals surface area contributed by atoms with Crippen molar-refractivity contribution in [2.45, 2.75) is 40.2 Å². The highest BCUT2D eigenvalue weighted by Gasteiger charge is 2.47. The SMILES string of the molecule is CCCOC(=O)c1cccc(N2C(=O)C(=O)/C(=C(/O)c3cc(C)c(OC)cc3C)C2c2cccc(C)c2)c1. The number of amides is 1. The number of Topliss-reactive ketones (excluding diaryl/α,β-unsaturated/α-hetero) is 1. The third kappa shape index (κ3) is 4.92. The highest BCUT2D eigenvalue weighted by molar-refractivity contribution is 6.51. The van der Waals surface area contributed by atoms with Gasteiger partial charge in [-0.1, -0.05) is 42.8 Å². The van der Waals surface area contributed by atoms with Gasteiger partial charge in [0.2, 0.25) is 0 Å². The minimum atomic E-state index is -0.904. The highest BCUT2D eigenvalue weighted by atomic mass is 16.5. The van der Waals surface area contributed by atoms with Gasteiger partial charge in [-0.3, -0.25) is 14.5 Å². The van der Waals surface area contributed by atoms with Gasteiger partial charge in [0.25, 0.3) is 11.7 Å². The van der Waals surface area contributed by atoms with E-state index in [2.05, 4.69) is 0 Å². The number of hydrogen-bond donors (Lipinski definition) is 1. The Morgan fingerprint density at radius 2 is 1.71 bits per heavy atom. The fraction of sp³-hybridized carbons (Fsp3) is 0.258. The normalized spacial score (nSPS) is 16.6. The third-order valence-electron chi connectivity index (χ3n) is 6.60. The summed E-state index contributed by atoms with van der Waals surface area (Å²) in [4.78, 5) is 40.9. The molecule has 0 bridgehead atoms. The van der Waals surface area contributed by atoms with E-state index < -0.39 is 23.7 Å². The number of carbonyl (C=O) groups excluding carboxylic acids is 3. The van der Waals surface area contributed by atoms with Gasteiger partial charge in [-0.2, -0.15) is 0 Å². The van der Waals surface area contributed by atoms with Gasteiger partial charge >= 0.3 is 5.97 Å². The lowest BCUT2D eigenvalue weighted by Gasteiger charge is -2.26. The maximum Gasteiger partial charge on any atom is 0.338 e. The summed E-state index contributed by atoms with van der Waals surface area (Å²) in [6.45, 7) is 7.74. The maximum absolute atomic E-state index is 13.5. The molecule has 3 aromatic rings. The number of nitrogens with zero attached hydrogens (tertiary/aromatic N) is 1. The smallest absolute Gasteiger partial charge is 0.338 e. The maximum atomic E-state index is 13.5. The zero-order valence-corrected chi connectivity index (χ0v) is 22.2. The van der Waals surface area contributed by atoms with E-state index in [1.165, 1.54) is 11.0 Å². The van der Waals surface area contributed by atoms with Gasteiger partial charge in [0.15, 0.2) is 0 Å². The first-order valence-corrected chi connectivity index (χ1v) is 12.5. The topological polar surface area (TPSA) is 93.1 Å². The molecule has 1 fully saturated rings. The molecule has 1 heterocycles. The molecule has 0 radical (unpaired) electrons. The van der Waals surface area contributed by atoms with Crippen molar-refractivity contribution in [3.8, 4) is 5.75 Å². The van der Waals surface area contributed by atoms with E-state index >= 15 is 0 Å². The Labute approximate surface area is 222 Å². The van der Waals surface area contributed by atoms with Crippen LogP contribution in [0.3, 0.4) is 0 Å². The van der Waals surface area contributed by atoms with Crippen molar-refractivity contribution in [2.24, 2.45) is 0 Å². The number of hydrogen-bond acceptors (Lipinski definition) is 6. The Hall–Kier alpha value is -4.39. The van der Waals surface area contributed by atoms with Gasteiger partial charge in [-0.15, -0.1) is 0 Å². The molecule has 0 saturated carbocycles. The summed E-state index contributed by atoms with van der Waals surface area (Å²) in [5.41, 5.74) is 4.10. The molecule has 196 valence electrons. The molecule has 7 heteroatoms. The lowest BCUT2D eigenvalue weighted by atomic mass is 9.92. The predicted molar refractivity (Wildman–Crippen MR) is 145 cm³/mol. The Morgan fingerprint density at radius 1 is 0.974 bits per heavy atom. The minimum absolute atomic E-state index is 0.0211. The van der Waals surface area contributed by atoms with Crippen LogP contribution in [0.15, 0.2) is 66.2 Å². The molecule has 1 unspecified atom stereocenters. The quantitative estimate of drug-likeness (QED) is 0.185. The Kier molecular flexibility index (Phi) is 7.67. The number of aliphatic hydroxyl groups is 1. The van der Waals surface area contributed by atoms with Crippen molar-refractivity contribution in [1.29, 1.82) is 0 Å². The van der Waals surface area contributed by atoms with Gasteiger partial charge in [0, 0.05) is 11.3 Å². The van der Waals surface area contributed by atoms with Crippen molar-refractivity contribution in [2.75, 3.05) is 18.6 Å². The number of carbonyl (C=O) groups is 3. The highest BCUT2D eigenvalue weighted by Crippen LogP contribution is 2.43. The van der Waals surface area contributed by atoms with E-state index in [1.54, 1.807) is 44.4 Å². The summed E-state index contributed by atoms with van der Waals surface area (Å²) in [6, 6.07) is 16.5. The number of rotatable bonds is 7. The first-order valence-electron chi connectivity index (χ1n) is 12.5. The minimum Gasteiger partial charge on any atom is -0.507 e. The molecule has 38 heavy (non-hydrogen) atoms.